The molecule has 0 aliphatic carbocycles. The summed E-state index contributed by atoms with van der Waals surface area (Å²) in [6.07, 6.45) is 2.55. The van der Waals surface area contributed by atoms with Crippen molar-refractivity contribution in [2.75, 3.05) is 23.3 Å². The standard InChI is InChI=1S/C19H21ClN2O/c1-14-4-3-11-22(13-14)18-9-7-17(8-10-18)21-19(23)15-5-2-6-16(20)12-15/h2,5-10,12,14H,3-4,11,13H2,1H3,(H,21,23). The van der Waals surface area contributed by atoms with E-state index in [1.54, 1.807) is 24.3 Å². The quantitative estimate of drug-likeness (QED) is 0.875. The second kappa shape index (κ2) is 7.05. The van der Waals surface area contributed by atoms with Crippen molar-refractivity contribution >= 4 is 28.9 Å². The fourth-order valence-electron chi connectivity index (χ4n) is 3.01. The SMILES string of the molecule is CC1CCCN(c2ccc(NC(=O)c3cccc(Cl)c3)cc2)C1. The molecule has 1 saturated heterocycles. The van der Waals surface area contributed by atoms with Crippen molar-refractivity contribution in [1.82, 2.24) is 0 Å². The summed E-state index contributed by atoms with van der Waals surface area (Å²) < 4.78 is 0. The van der Waals surface area contributed by atoms with Crippen LogP contribution in [-0.4, -0.2) is 19.0 Å². The minimum absolute atomic E-state index is 0.146. The highest BCUT2D eigenvalue weighted by molar-refractivity contribution is 6.31. The Balaban J connectivity index is 1.66. The van der Waals surface area contributed by atoms with Gasteiger partial charge in [0.15, 0.2) is 0 Å². The van der Waals surface area contributed by atoms with Gasteiger partial charge in [0.25, 0.3) is 5.91 Å². The Morgan fingerprint density at radius 1 is 1.22 bits per heavy atom. The van der Waals surface area contributed by atoms with Gasteiger partial charge in [-0.1, -0.05) is 24.6 Å². The van der Waals surface area contributed by atoms with Crippen LogP contribution in [-0.2, 0) is 0 Å². The fourth-order valence-corrected chi connectivity index (χ4v) is 3.20. The smallest absolute Gasteiger partial charge is 0.255 e. The number of nitrogens with one attached hydrogen (secondary N) is 1. The van der Waals surface area contributed by atoms with Crippen LogP contribution >= 0.6 is 11.6 Å². The third-order valence-electron chi connectivity index (χ3n) is 4.23. The number of anilines is 2. The number of nitrogens with zero attached hydrogens (tertiary/aromatic N) is 1. The lowest BCUT2D eigenvalue weighted by atomic mass is 10.00. The number of hydrogen-bond donors (Lipinski definition) is 1. The molecule has 2 aromatic rings. The van der Waals surface area contributed by atoms with Gasteiger partial charge in [-0.15, -0.1) is 0 Å². The molecule has 1 heterocycles. The molecule has 2 aromatic carbocycles. The Kier molecular flexibility index (Phi) is 4.87. The summed E-state index contributed by atoms with van der Waals surface area (Å²) in [6, 6.07) is 15.0. The van der Waals surface area contributed by atoms with E-state index in [9.17, 15) is 4.79 Å². The Morgan fingerprint density at radius 2 is 2.00 bits per heavy atom. The maximum Gasteiger partial charge on any atom is 0.255 e. The van der Waals surface area contributed by atoms with Crippen LogP contribution in [0.5, 0.6) is 0 Å². The summed E-state index contributed by atoms with van der Waals surface area (Å²) in [5, 5.41) is 3.47. The van der Waals surface area contributed by atoms with Gasteiger partial charge >= 0.3 is 0 Å². The molecule has 1 amide bonds. The maximum absolute atomic E-state index is 12.2. The number of piperidine rings is 1. The van der Waals surface area contributed by atoms with E-state index in [4.69, 9.17) is 11.6 Å². The van der Waals surface area contributed by atoms with Gasteiger partial charge in [-0.2, -0.15) is 0 Å². The summed E-state index contributed by atoms with van der Waals surface area (Å²) in [7, 11) is 0. The minimum Gasteiger partial charge on any atom is -0.371 e. The number of carbonyl (C=O) groups excluding carboxylic acids is 1. The first-order chi connectivity index (χ1) is 11.1. The highest BCUT2D eigenvalue weighted by Gasteiger charge is 2.16. The van der Waals surface area contributed by atoms with Gasteiger partial charge in [-0.05, 0) is 61.2 Å². The molecular formula is C19H21ClN2O. The molecule has 0 saturated carbocycles. The first-order valence-electron chi connectivity index (χ1n) is 8.04. The van der Waals surface area contributed by atoms with Crippen LogP contribution in [0.25, 0.3) is 0 Å². The van der Waals surface area contributed by atoms with Crippen LogP contribution in [0.2, 0.25) is 5.02 Å². The zero-order valence-corrected chi connectivity index (χ0v) is 14.0. The number of carbonyl (C=O) groups is 1. The van der Waals surface area contributed by atoms with E-state index in [1.165, 1.54) is 18.5 Å². The highest BCUT2D eigenvalue weighted by Crippen LogP contribution is 2.24. The summed E-state index contributed by atoms with van der Waals surface area (Å²) in [5.74, 6) is 0.595. The van der Waals surface area contributed by atoms with Crippen LogP contribution in [0.1, 0.15) is 30.1 Å². The second-order valence-corrected chi connectivity index (χ2v) is 6.64. The Hall–Kier alpha value is -2.00. The molecule has 0 radical (unpaired) electrons. The second-order valence-electron chi connectivity index (χ2n) is 6.20. The van der Waals surface area contributed by atoms with E-state index >= 15 is 0 Å². The molecule has 1 aliphatic rings. The van der Waals surface area contributed by atoms with E-state index < -0.39 is 0 Å². The number of benzene rings is 2. The van der Waals surface area contributed by atoms with Crippen LogP contribution in [0.15, 0.2) is 48.5 Å². The third kappa shape index (κ3) is 4.05. The normalized spacial score (nSPS) is 17.8. The Bertz CT molecular complexity index is 684. The van der Waals surface area contributed by atoms with Crippen molar-refractivity contribution in [3.63, 3.8) is 0 Å². The molecule has 1 atom stereocenters. The summed E-state index contributed by atoms with van der Waals surface area (Å²) >= 11 is 5.92. The zero-order chi connectivity index (χ0) is 16.2. The number of rotatable bonds is 3. The molecule has 3 nitrogen and oxygen atoms in total. The van der Waals surface area contributed by atoms with Gasteiger partial charge in [-0.25, -0.2) is 0 Å². The monoisotopic (exact) mass is 328 g/mol. The molecule has 1 unspecified atom stereocenters. The van der Waals surface area contributed by atoms with E-state index in [-0.39, 0.29) is 5.91 Å². The van der Waals surface area contributed by atoms with Crippen molar-refractivity contribution in [3.8, 4) is 0 Å². The number of hydrogen-bond acceptors (Lipinski definition) is 2. The molecule has 1 N–H and O–H groups in total. The van der Waals surface area contributed by atoms with E-state index in [2.05, 4.69) is 29.3 Å². The molecular weight excluding hydrogens is 308 g/mol. The molecule has 1 aliphatic heterocycles. The average Bonchev–Trinajstić information content (AvgIpc) is 2.55. The van der Waals surface area contributed by atoms with Gasteiger partial charge in [0, 0.05) is 35.1 Å². The zero-order valence-electron chi connectivity index (χ0n) is 13.3. The largest absolute Gasteiger partial charge is 0.371 e. The van der Waals surface area contributed by atoms with E-state index in [1.807, 2.05) is 12.1 Å². The fraction of sp³-hybridized carbons (Fsp3) is 0.316. The van der Waals surface area contributed by atoms with Gasteiger partial charge < -0.3 is 10.2 Å². The number of amides is 1. The molecule has 120 valence electrons. The Labute approximate surface area is 142 Å². The van der Waals surface area contributed by atoms with Gasteiger partial charge in [0.2, 0.25) is 0 Å². The van der Waals surface area contributed by atoms with Crippen molar-refractivity contribution in [2.24, 2.45) is 5.92 Å². The predicted octanol–water partition coefficient (Wildman–Crippen LogP) is 4.83. The lowest BCUT2D eigenvalue weighted by Gasteiger charge is -2.32. The average molecular weight is 329 g/mol. The predicted molar refractivity (Wildman–Crippen MR) is 96.5 cm³/mol. The molecule has 0 spiro atoms. The summed E-state index contributed by atoms with van der Waals surface area (Å²) in [5.41, 5.74) is 2.58. The van der Waals surface area contributed by atoms with E-state index in [0.29, 0.717) is 10.6 Å². The Morgan fingerprint density at radius 3 is 2.70 bits per heavy atom. The van der Waals surface area contributed by atoms with Crippen LogP contribution in [0, 0.1) is 5.92 Å². The topological polar surface area (TPSA) is 32.3 Å². The molecule has 4 heteroatoms. The van der Waals surface area contributed by atoms with Crippen LogP contribution in [0.4, 0.5) is 11.4 Å². The first kappa shape index (κ1) is 15.9. The maximum atomic E-state index is 12.2. The number of halogens is 1. The minimum atomic E-state index is -0.146. The van der Waals surface area contributed by atoms with Crippen LogP contribution in [0.3, 0.4) is 0 Å². The van der Waals surface area contributed by atoms with Crippen molar-refractivity contribution in [3.05, 3.63) is 59.1 Å². The molecule has 23 heavy (non-hydrogen) atoms. The molecule has 0 bridgehead atoms. The first-order valence-corrected chi connectivity index (χ1v) is 8.41. The highest BCUT2D eigenvalue weighted by atomic mass is 35.5. The van der Waals surface area contributed by atoms with Gasteiger partial charge in [-0.3, -0.25) is 4.79 Å². The molecule has 1 fully saturated rings. The van der Waals surface area contributed by atoms with Gasteiger partial charge in [0.05, 0.1) is 0 Å². The lowest BCUT2D eigenvalue weighted by Crippen LogP contribution is -2.34. The van der Waals surface area contributed by atoms with Crippen molar-refractivity contribution in [2.45, 2.75) is 19.8 Å². The van der Waals surface area contributed by atoms with Gasteiger partial charge in [0.1, 0.15) is 0 Å². The van der Waals surface area contributed by atoms with Crippen molar-refractivity contribution in [1.29, 1.82) is 0 Å². The molecule has 0 aromatic heterocycles. The summed E-state index contributed by atoms with van der Waals surface area (Å²) in [4.78, 5) is 14.6. The third-order valence-corrected chi connectivity index (χ3v) is 4.47. The lowest BCUT2D eigenvalue weighted by molar-refractivity contribution is 0.102. The van der Waals surface area contributed by atoms with Crippen LogP contribution < -0.4 is 10.2 Å². The van der Waals surface area contributed by atoms with Crippen molar-refractivity contribution < 1.29 is 4.79 Å². The summed E-state index contributed by atoms with van der Waals surface area (Å²) in [6.45, 7) is 4.51. The van der Waals surface area contributed by atoms with E-state index in [0.717, 1.165) is 24.7 Å². The molecule has 3 rings (SSSR count).